The highest BCUT2D eigenvalue weighted by Gasteiger charge is 2.21. The SMILES string of the molecule is O=C(CNC1CC1)Nc1ccc(C2OCCO2)cc1. The van der Waals surface area contributed by atoms with E-state index in [2.05, 4.69) is 10.6 Å². The molecule has 1 amide bonds. The van der Waals surface area contributed by atoms with E-state index in [0.717, 1.165) is 11.3 Å². The molecule has 1 aliphatic heterocycles. The van der Waals surface area contributed by atoms with Gasteiger partial charge in [0, 0.05) is 17.3 Å². The number of rotatable bonds is 5. The van der Waals surface area contributed by atoms with Crippen molar-refractivity contribution in [1.29, 1.82) is 0 Å². The molecule has 1 aromatic rings. The van der Waals surface area contributed by atoms with Gasteiger partial charge in [-0.05, 0) is 25.0 Å². The fraction of sp³-hybridized carbons (Fsp3) is 0.500. The van der Waals surface area contributed by atoms with E-state index < -0.39 is 0 Å². The van der Waals surface area contributed by atoms with Crippen molar-refractivity contribution >= 4 is 11.6 Å². The van der Waals surface area contributed by atoms with Gasteiger partial charge in [0.2, 0.25) is 5.91 Å². The molecule has 0 aromatic heterocycles. The molecule has 0 atom stereocenters. The minimum Gasteiger partial charge on any atom is -0.346 e. The normalized spacial score (nSPS) is 19.6. The van der Waals surface area contributed by atoms with Gasteiger partial charge in [0.05, 0.1) is 19.8 Å². The molecule has 2 N–H and O–H groups in total. The summed E-state index contributed by atoms with van der Waals surface area (Å²) in [6.07, 6.45) is 2.11. The second-order valence-corrected chi connectivity index (χ2v) is 4.90. The zero-order chi connectivity index (χ0) is 13.1. The highest BCUT2D eigenvalue weighted by Crippen LogP contribution is 2.24. The van der Waals surface area contributed by atoms with E-state index >= 15 is 0 Å². The molecule has 5 heteroatoms. The van der Waals surface area contributed by atoms with Gasteiger partial charge >= 0.3 is 0 Å². The maximum absolute atomic E-state index is 11.7. The first-order valence-electron chi connectivity index (χ1n) is 6.68. The van der Waals surface area contributed by atoms with Crippen LogP contribution in [0.5, 0.6) is 0 Å². The summed E-state index contributed by atoms with van der Waals surface area (Å²) in [5.74, 6) is -0.00647. The van der Waals surface area contributed by atoms with Crippen LogP contribution in [0.4, 0.5) is 5.69 Å². The minimum absolute atomic E-state index is 0.00647. The van der Waals surface area contributed by atoms with Gasteiger partial charge < -0.3 is 20.1 Å². The standard InChI is InChI=1S/C14H18N2O3/c17-13(9-15-11-5-6-11)16-12-3-1-10(2-4-12)14-18-7-8-19-14/h1-4,11,14-15H,5-9H2,(H,16,17). The van der Waals surface area contributed by atoms with E-state index in [9.17, 15) is 4.79 Å². The van der Waals surface area contributed by atoms with Gasteiger partial charge in [0.1, 0.15) is 0 Å². The Hall–Kier alpha value is -1.43. The van der Waals surface area contributed by atoms with Crippen molar-refractivity contribution < 1.29 is 14.3 Å². The Morgan fingerprint density at radius 3 is 2.47 bits per heavy atom. The fourth-order valence-corrected chi connectivity index (χ4v) is 2.00. The number of carbonyl (C=O) groups is 1. The van der Waals surface area contributed by atoms with Gasteiger partial charge in [0.15, 0.2) is 6.29 Å². The quantitative estimate of drug-likeness (QED) is 0.842. The number of ether oxygens (including phenoxy) is 2. The maximum Gasteiger partial charge on any atom is 0.238 e. The molecule has 2 aliphatic rings. The van der Waals surface area contributed by atoms with Crippen molar-refractivity contribution in [2.24, 2.45) is 0 Å². The molecule has 3 rings (SSSR count). The number of amides is 1. The van der Waals surface area contributed by atoms with E-state index in [4.69, 9.17) is 9.47 Å². The summed E-state index contributed by atoms with van der Waals surface area (Å²) >= 11 is 0. The molecule has 0 radical (unpaired) electrons. The number of benzene rings is 1. The first-order valence-corrected chi connectivity index (χ1v) is 6.68. The largest absolute Gasteiger partial charge is 0.346 e. The van der Waals surface area contributed by atoms with Gasteiger partial charge in [-0.25, -0.2) is 0 Å². The Kier molecular flexibility index (Phi) is 3.77. The summed E-state index contributed by atoms with van der Waals surface area (Å²) in [4.78, 5) is 11.7. The predicted octanol–water partition coefficient (Wildman–Crippen LogP) is 1.42. The fourth-order valence-electron chi connectivity index (χ4n) is 2.00. The van der Waals surface area contributed by atoms with Crippen LogP contribution in [0.3, 0.4) is 0 Å². The van der Waals surface area contributed by atoms with Crippen LogP contribution in [-0.2, 0) is 14.3 Å². The zero-order valence-corrected chi connectivity index (χ0v) is 10.7. The second-order valence-electron chi connectivity index (χ2n) is 4.90. The molecule has 1 aromatic carbocycles. The average molecular weight is 262 g/mol. The van der Waals surface area contributed by atoms with Crippen molar-refractivity contribution in [2.75, 3.05) is 25.1 Å². The van der Waals surface area contributed by atoms with Gasteiger partial charge in [-0.1, -0.05) is 12.1 Å². The van der Waals surface area contributed by atoms with Crippen LogP contribution in [0.15, 0.2) is 24.3 Å². The summed E-state index contributed by atoms with van der Waals surface area (Å²) in [7, 11) is 0. The summed E-state index contributed by atoms with van der Waals surface area (Å²) < 4.78 is 10.8. The maximum atomic E-state index is 11.7. The molecule has 0 unspecified atom stereocenters. The van der Waals surface area contributed by atoms with Crippen molar-refractivity contribution in [2.45, 2.75) is 25.2 Å². The third kappa shape index (κ3) is 3.53. The van der Waals surface area contributed by atoms with Crippen LogP contribution in [0.25, 0.3) is 0 Å². The molecule has 1 heterocycles. The van der Waals surface area contributed by atoms with Gasteiger partial charge in [-0.2, -0.15) is 0 Å². The highest BCUT2D eigenvalue weighted by atomic mass is 16.7. The van der Waals surface area contributed by atoms with Crippen LogP contribution in [-0.4, -0.2) is 31.7 Å². The molecule has 0 spiro atoms. The van der Waals surface area contributed by atoms with Crippen LogP contribution in [0.1, 0.15) is 24.7 Å². The third-order valence-corrected chi connectivity index (χ3v) is 3.22. The van der Waals surface area contributed by atoms with Gasteiger partial charge in [-0.3, -0.25) is 4.79 Å². The molecule has 2 fully saturated rings. The Morgan fingerprint density at radius 1 is 1.16 bits per heavy atom. The monoisotopic (exact) mass is 262 g/mol. The van der Waals surface area contributed by atoms with Crippen LogP contribution in [0.2, 0.25) is 0 Å². The lowest BCUT2D eigenvalue weighted by Crippen LogP contribution is -2.29. The molecule has 5 nitrogen and oxygen atoms in total. The summed E-state index contributed by atoms with van der Waals surface area (Å²) in [5.41, 5.74) is 1.77. The summed E-state index contributed by atoms with van der Waals surface area (Å²) in [5, 5.41) is 6.04. The predicted molar refractivity (Wildman–Crippen MR) is 70.7 cm³/mol. The van der Waals surface area contributed by atoms with Crippen molar-refractivity contribution in [3.05, 3.63) is 29.8 Å². The summed E-state index contributed by atoms with van der Waals surface area (Å²) in [6, 6.07) is 8.12. The Balaban J connectivity index is 1.51. The Bertz CT molecular complexity index is 437. The molecule has 1 saturated carbocycles. The molecular weight excluding hydrogens is 244 g/mol. The van der Waals surface area contributed by atoms with E-state index in [1.54, 1.807) is 0 Å². The first kappa shape index (κ1) is 12.6. The lowest BCUT2D eigenvalue weighted by atomic mass is 10.2. The zero-order valence-electron chi connectivity index (χ0n) is 10.7. The topological polar surface area (TPSA) is 59.6 Å². The third-order valence-electron chi connectivity index (χ3n) is 3.22. The van der Waals surface area contributed by atoms with E-state index in [1.807, 2.05) is 24.3 Å². The van der Waals surface area contributed by atoms with Crippen molar-refractivity contribution in [3.8, 4) is 0 Å². The molecule has 102 valence electrons. The number of anilines is 1. The highest BCUT2D eigenvalue weighted by molar-refractivity contribution is 5.92. The van der Waals surface area contributed by atoms with Crippen molar-refractivity contribution in [1.82, 2.24) is 5.32 Å². The van der Waals surface area contributed by atoms with E-state index in [1.165, 1.54) is 12.8 Å². The Morgan fingerprint density at radius 2 is 1.84 bits per heavy atom. The minimum atomic E-state index is -0.263. The number of hydrogen-bond acceptors (Lipinski definition) is 4. The number of carbonyl (C=O) groups excluding carboxylic acids is 1. The van der Waals surface area contributed by atoms with Crippen molar-refractivity contribution in [3.63, 3.8) is 0 Å². The smallest absolute Gasteiger partial charge is 0.238 e. The molecule has 0 bridgehead atoms. The van der Waals surface area contributed by atoms with E-state index in [-0.39, 0.29) is 12.2 Å². The molecular formula is C14H18N2O3. The second kappa shape index (κ2) is 5.69. The van der Waals surface area contributed by atoms with Gasteiger partial charge in [-0.15, -0.1) is 0 Å². The Labute approximate surface area is 112 Å². The van der Waals surface area contributed by atoms with E-state index in [0.29, 0.717) is 25.8 Å². The van der Waals surface area contributed by atoms with Crippen LogP contribution >= 0.6 is 0 Å². The first-order chi connectivity index (χ1) is 9.31. The molecule has 1 saturated heterocycles. The molecule has 19 heavy (non-hydrogen) atoms. The number of hydrogen-bond donors (Lipinski definition) is 2. The average Bonchev–Trinajstić information content (AvgIpc) is 3.10. The van der Waals surface area contributed by atoms with Crippen LogP contribution < -0.4 is 10.6 Å². The van der Waals surface area contributed by atoms with Crippen LogP contribution in [0, 0.1) is 0 Å². The summed E-state index contributed by atoms with van der Waals surface area (Å²) in [6.45, 7) is 1.65. The lowest BCUT2D eigenvalue weighted by Gasteiger charge is -2.10. The molecule has 1 aliphatic carbocycles. The van der Waals surface area contributed by atoms with Gasteiger partial charge in [0.25, 0.3) is 0 Å². The lowest BCUT2D eigenvalue weighted by molar-refractivity contribution is -0.115. The number of nitrogens with one attached hydrogen (secondary N) is 2.